The molecular formula is C18H17F3N2OS. The second-order valence-corrected chi connectivity index (χ2v) is 6.61. The van der Waals surface area contributed by atoms with Gasteiger partial charge in [-0.05, 0) is 32.0 Å². The van der Waals surface area contributed by atoms with E-state index in [0.29, 0.717) is 17.1 Å². The van der Waals surface area contributed by atoms with Crippen LogP contribution in [0, 0.1) is 13.8 Å². The van der Waals surface area contributed by atoms with E-state index in [-0.39, 0.29) is 0 Å². The number of aryl methyl sites for hydroxylation is 1. The first-order valence-corrected chi connectivity index (χ1v) is 8.50. The van der Waals surface area contributed by atoms with Crippen molar-refractivity contribution in [2.24, 2.45) is 0 Å². The third-order valence-electron chi connectivity index (χ3n) is 4.01. The number of hydrogen-bond acceptors (Lipinski definition) is 3. The Balaban J connectivity index is 1.96. The minimum Gasteiger partial charge on any atom is -0.497 e. The highest BCUT2D eigenvalue weighted by molar-refractivity contribution is 7.13. The summed E-state index contributed by atoms with van der Waals surface area (Å²) in [5.41, 5.74) is 3.47. The minimum absolute atomic E-state index is 0.567. The molecule has 2 aromatic heterocycles. The molecule has 0 saturated heterocycles. The fraction of sp³-hybridized carbons (Fsp3) is 0.278. The quantitative estimate of drug-likeness (QED) is 0.612. The molecule has 0 aliphatic rings. The van der Waals surface area contributed by atoms with Gasteiger partial charge in [-0.2, -0.15) is 13.2 Å². The molecule has 0 atom stereocenters. The summed E-state index contributed by atoms with van der Waals surface area (Å²) in [6, 6.07) is 9.30. The van der Waals surface area contributed by atoms with Crippen molar-refractivity contribution >= 4 is 11.3 Å². The van der Waals surface area contributed by atoms with Crippen LogP contribution in [0.25, 0.3) is 21.8 Å². The number of rotatable bonds is 4. The third-order valence-corrected chi connectivity index (χ3v) is 4.90. The maximum atomic E-state index is 12.8. The zero-order valence-corrected chi connectivity index (χ0v) is 14.8. The molecule has 3 aromatic rings. The Morgan fingerprint density at radius 1 is 1.20 bits per heavy atom. The molecule has 0 bridgehead atoms. The number of benzene rings is 1. The standard InChI is InChI=1S/C18H17F3N2OS/c1-11-7-15(12(2)23(11)10-18(19,20)21)16-9-25-17(22-16)13-5-4-6-14(8-13)24-3/h4-9H,10H2,1-3H3. The number of aromatic nitrogens is 2. The van der Waals surface area contributed by atoms with Crippen LogP contribution in [0.15, 0.2) is 35.7 Å². The molecule has 3 rings (SSSR count). The number of methoxy groups -OCH3 is 1. The van der Waals surface area contributed by atoms with E-state index in [1.165, 1.54) is 15.9 Å². The average Bonchev–Trinajstić information content (AvgIpc) is 3.14. The average molecular weight is 366 g/mol. The first-order chi connectivity index (χ1) is 11.8. The summed E-state index contributed by atoms with van der Waals surface area (Å²) in [6.45, 7) is 2.38. The number of alkyl halides is 3. The SMILES string of the molecule is COc1cccc(-c2nc(-c3cc(C)n(CC(F)(F)F)c3C)cs2)c1. The molecule has 7 heteroatoms. The lowest BCUT2D eigenvalue weighted by molar-refractivity contribution is -0.141. The predicted molar refractivity (Wildman–Crippen MR) is 93.1 cm³/mol. The van der Waals surface area contributed by atoms with Crippen molar-refractivity contribution in [3.05, 3.63) is 47.1 Å². The topological polar surface area (TPSA) is 27.1 Å². The molecule has 0 fully saturated rings. The molecule has 0 unspecified atom stereocenters. The van der Waals surface area contributed by atoms with Crippen molar-refractivity contribution in [2.45, 2.75) is 26.6 Å². The molecule has 2 heterocycles. The van der Waals surface area contributed by atoms with Crippen molar-refractivity contribution in [1.29, 1.82) is 0 Å². The number of hydrogen-bond donors (Lipinski definition) is 0. The van der Waals surface area contributed by atoms with Crippen LogP contribution in [0.4, 0.5) is 13.2 Å². The van der Waals surface area contributed by atoms with Gasteiger partial charge in [0.2, 0.25) is 0 Å². The summed E-state index contributed by atoms with van der Waals surface area (Å²) in [5, 5.41) is 2.67. The third kappa shape index (κ3) is 3.71. The molecule has 0 aliphatic heterocycles. The Morgan fingerprint density at radius 3 is 2.64 bits per heavy atom. The van der Waals surface area contributed by atoms with Gasteiger partial charge in [0.05, 0.1) is 12.8 Å². The largest absolute Gasteiger partial charge is 0.497 e. The smallest absolute Gasteiger partial charge is 0.406 e. The van der Waals surface area contributed by atoms with Gasteiger partial charge in [-0.25, -0.2) is 4.98 Å². The van der Waals surface area contributed by atoms with E-state index in [2.05, 4.69) is 4.98 Å². The van der Waals surface area contributed by atoms with Crippen LogP contribution >= 0.6 is 11.3 Å². The van der Waals surface area contributed by atoms with E-state index < -0.39 is 12.7 Å². The van der Waals surface area contributed by atoms with Crippen LogP contribution in [-0.2, 0) is 6.54 Å². The van der Waals surface area contributed by atoms with Gasteiger partial charge in [0.1, 0.15) is 17.3 Å². The maximum Gasteiger partial charge on any atom is 0.406 e. The van der Waals surface area contributed by atoms with Crippen LogP contribution < -0.4 is 4.74 Å². The molecule has 0 radical (unpaired) electrons. The van der Waals surface area contributed by atoms with Crippen molar-refractivity contribution in [2.75, 3.05) is 7.11 Å². The van der Waals surface area contributed by atoms with Gasteiger partial charge in [-0.15, -0.1) is 11.3 Å². The zero-order valence-electron chi connectivity index (χ0n) is 14.0. The van der Waals surface area contributed by atoms with Crippen LogP contribution in [-0.4, -0.2) is 22.8 Å². The van der Waals surface area contributed by atoms with Gasteiger partial charge in [-0.1, -0.05) is 12.1 Å². The predicted octanol–water partition coefficient (Wildman–Crippen LogP) is 5.47. The van der Waals surface area contributed by atoms with Gasteiger partial charge in [0, 0.05) is 27.9 Å². The van der Waals surface area contributed by atoms with E-state index in [9.17, 15) is 13.2 Å². The molecule has 3 nitrogen and oxygen atoms in total. The first-order valence-electron chi connectivity index (χ1n) is 7.62. The lowest BCUT2D eigenvalue weighted by atomic mass is 10.2. The fourth-order valence-corrected chi connectivity index (χ4v) is 3.59. The maximum absolute atomic E-state index is 12.8. The molecule has 0 amide bonds. The molecule has 1 aromatic carbocycles. The minimum atomic E-state index is -4.25. The Hall–Kier alpha value is -2.28. The van der Waals surface area contributed by atoms with Gasteiger partial charge < -0.3 is 9.30 Å². The second kappa shape index (κ2) is 6.55. The molecular weight excluding hydrogens is 349 g/mol. The summed E-state index contributed by atoms with van der Waals surface area (Å²) >= 11 is 1.46. The highest BCUT2D eigenvalue weighted by Gasteiger charge is 2.30. The van der Waals surface area contributed by atoms with Gasteiger partial charge >= 0.3 is 6.18 Å². The number of thiazole rings is 1. The van der Waals surface area contributed by atoms with Crippen molar-refractivity contribution in [3.63, 3.8) is 0 Å². The normalized spacial score (nSPS) is 11.8. The molecule has 25 heavy (non-hydrogen) atoms. The van der Waals surface area contributed by atoms with Gasteiger partial charge in [0.15, 0.2) is 0 Å². The Kier molecular flexibility index (Phi) is 4.60. The van der Waals surface area contributed by atoms with E-state index >= 15 is 0 Å². The second-order valence-electron chi connectivity index (χ2n) is 5.76. The summed E-state index contributed by atoms with van der Waals surface area (Å²) in [5.74, 6) is 0.734. The van der Waals surface area contributed by atoms with E-state index in [1.54, 1.807) is 27.0 Å². The summed E-state index contributed by atoms with van der Waals surface area (Å²) < 4.78 is 44.8. The summed E-state index contributed by atoms with van der Waals surface area (Å²) in [4.78, 5) is 4.61. The monoisotopic (exact) mass is 366 g/mol. The van der Waals surface area contributed by atoms with E-state index in [4.69, 9.17) is 4.74 Å². The first kappa shape index (κ1) is 17.5. The summed E-state index contributed by atoms with van der Waals surface area (Å²) in [7, 11) is 1.60. The molecule has 0 spiro atoms. The lowest BCUT2D eigenvalue weighted by Gasteiger charge is -2.12. The van der Waals surface area contributed by atoms with Gasteiger partial charge in [-0.3, -0.25) is 0 Å². The number of ether oxygens (including phenoxy) is 1. The van der Waals surface area contributed by atoms with Crippen molar-refractivity contribution < 1.29 is 17.9 Å². The fourth-order valence-electron chi connectivity index (χ4n) is 2.77. The number of halogens is 3. The van der Waals surface area contributed by atoms with Crippen molar-refractivity contribution in [3.8, 4) is 27.6 Å². The Morgan fingerprint density at radius 2 is 1.96 bits per heavy atom. The van der Waals surface area contributed by atoms with E-state index in [1.807, 2.05) is 29.6 Å². The van der Waals surface area contributed by atoms with Crippen molar-refractivity contribution in [1.82, 2.24) is 9.55 Å². The summed E-state index contributed by atoms with van der Waals surface area (Å²) in [6.07, 6.45) is -4.25. The van der Waals surface area contributed by atoms with Crippen LogP contribution in [0.2, 0.25) is 0 Å². The van der Waals surface area contributed by atoms with Crippen LogP contribution in [0.1, 0.15) is 11.4 Å². The number of nitrogens with zero attached hydrogens (tertiary/aromatic N) is 2. The molecule has 0 saturated carbocycles. The lowest BCUT2D eigenvalue weighted by Crippen LogP contribution is -2.19. The van der Waals surface area contributed by atoms with E-state index in [0.717, 1.165) is 21.9 Å². The van der Waals surface area contributed by atoms with Crippen LogP contribution in [0.3, 0.4) is 0 Å². The molecule has 0 aliphatic carbocycles. The van der Waals surface area contributed by atoms with Gasteiger partial charge in [0.25, 0.3) is 0 Å². The highest BCUT2D eigenvalue weighted by atomic mass is 32.1. The molecule has 0 N–H and O–H groups in total. The molecule has 132 valence electrons. The zero-order chi connectivity index (χ0) is 18.2. The Labute approximate surface area is 147 Å². The highest BCUT2D eigenvalue weighted by Crippen LogP contribution is 2.34. The Bertz CT molecular complexity index is 896. The van der Waals surface area contributed by atoms with Crippen LogP contribution in [0.5, 0.6) is 5.75 Å².